The largest absolute Gasteiger partial charge is 0.383 e. The molecule has 0 bridgehead atoms. The van der Waals surface area contributed by atoms with Crippen molar-refractivity contribution >= 4 is 6.03 Å². The second-order valence-corrected chi connectivity index (χ2v) is 7.86. The summed E-state index contributed by atoms with van der Waals surface area (Å²) in [5.41, 5.74) is 1.23. The Balaban J connectivity index is 1.35. The lowest BCUT2D eigenvalue weighted by Gasteiger charge is -2.35. The van der Waals surface area contributed by atoms with Crippen molar-refractivity contribution in [2.24, 2.45) is 0 Å². The summed E-state index contributed by atoms with van der Waals surface area (Å²) in [4.78, 5) is 14.9. The summed E-state index contributed by atoms with van der Waals surface area (Å²) in [7, 11) is 0. The van der Waals surface area contributed by atoms with Crippen LogP contribution in [0.2, 0.25) is 0 Å². The molecule has 136 valence electrons. The van der Waals surface area contributed by atoms with Gasteiger partial charge >= 0.3 is 6.03 Å². The highest BCUT2D eigenvalue weighted by Gasteiger charge is 2.37. The van der Waals surface area contributed by atoms with Crippen LogP contribution in [-0.2, 0) is 12.0 Å². The van der Waals surface area contributed by atoms with Crippen molar-refractivity contribution in [2.75, 3.05) is 19.6 Å². The van der Waals surface area contributed by atoms with Gasteiger partial charge in [0.15, 0.2) is 0 Å². The second-order valence-electron chi connectivity index (χ2n) is 7.86. The summed E-state index contributed by atoms with van der Waals surface area (Å²) in [6, 6.07) is 8.65. The Morgan fingerprint density at radius 1 is 1.20 bits per heavy atom. The summed E-state index contributed by atoms with van der Waals surface area (Å²) < 4.78 is 0. The number of aliphatic hydroxyl groups is 1. The summed E-state index contributed by atoms with van der Waals surface area (Å²) in [6.07, 6.45) is 7.41. The quantitative estimate of drug-likeness (QED) is 0.788. The zero-order chi connectivity index (χ0) is 17.3. The van der Waals surface area contributed by atoms with Crippen molar-refractivity contribution in [3.8, 4) is 0 Å². The molecule has 5 nitrogen and oxygen atoms in total. The normalized spacial score (nSPS) is 31.9. The summed E-state index contributed by atoms with van der Waals surface area (Å²) in [5, 5.41) is 17.2. The lowest BCUT2D eigenvalue weighted by Crippen LogP contribution is -2.52. The van der Waals surface area contributed by atoms with Crippen LogP contribution in [0.5, 0.6) is 0 Å². The van der Waals surface area contributed by atoms with E-state index in [0.29, 0.717) is 12.5 Å². The van der Waals surface area contributed by atoms with Crippen molar-refractivity contribution in [1.82, 2.24) is 15.5 Å². The second kappa shape index (κ2) is 6.96. The SMILES string of the molecule is O=C(NCC1(O)CCCc2ccccc21)NC1CCN2CCCCC12. The molecule has 5 heteroatoms. The molecule has 0 saturated carbocycles. The minimum Gasteiger partial charge on any atom is -0.383 e. The van der Waals surface area contributed by atoms with E-state index in [-0.39, 0.29) is 18.6 Å². The van der Waals surface area contributed by atoms with Crippen LogP contribution in [0.25, 0.3) is 0 Å². The van der Waals surface area contributed by atoms with Gasteiger partial charge in [-0.1, -0.05) is 30.7 Å². The van der Waals surface area contributed by atoms with Crippen LogP contribution in [0, 0.1) is 0 Å². The molecule has 0 radical (unpaired) electrons. The fraction of sp³-hybridized carbons (Fsp3) is 0.650. The average molecular weight is 343 g/mol. The first-order valence-corrected chi connectivity index (χ1v) is 9.75. The van der Waals surface area contributed by atoms with E-state index in [4.69, 9.17) is 0 Å². The van der Waals surface area contributed by atoms with Crippen LogP contribution >= 0.6 is 0 Å². The van der Waals surface area contributed by atoms with Crippen LogP contribution in [-0.4, -0.2) is 47.8 Å². The first kappa shape index (κ1) is 16.9. The van der Waals surface area contributed by atoms with Crippen molar-refractivity contribution in [3.63, 3.8) is 0 Å². The van der Waals surface area contributed by atoms with Crippen molar-refractivity contribution < 1.29 is 9.90 Å². The number of nitrogens with one attached hydrogen (secondary N) is 2. The van der Waals surface area contributed by atoms with Crippen LogP contribution in [0.15, 0.2) is 24.3 Å². The lowest BCUT2D eigenvalue weighted by molar-refractivity contribution is 0.0215. The number of piperidine rings is 1. The number of amides is 2. The molecular formula is C20H29N3O2. The van der Waals surface area contributed by atoms with Crippen molar-refractivity contribution in [3.05, 3.63) is 35.4 Å². The smallest absolute Gasteiger partial charge is 0.315 e. The van der Waals surface area contributed by atoms with E-state index >= 15 is 0 Å². The molecule has 3 unspecified atom stereocenters. The van der Waals surface area contributed by atoms with Crippen LogP contribution < -0.4 is 10.6 Å². The average Bonchev–Trinajstić information content (AvgIpc) is 3.04. The molecule has 2 amide bonds. The highest BCUT2D eigenvalue weighted by Crippen LogP contribution is 2.34. The number of nitrogens with zero attached hydrogens (tertiary/aromatic N) is 1. The summed E-state index contributed by atoms with van der Waals surface area (Å²) >= 11 is 0. The number of rotatable bonds is 3. The molecule has 25 heavy (non-hydrogen) atoms. The van der Waals surface area contributed by atoms with Gasteiger partial charge in [-0.25, -0.2) is 4.79 Å². The Hall–Kier alpha value is -1.59. The van der Waals surface area contributed by atoms with Crippen molar-refractivity contribution in [1.29, 1.82) is 0 Å². The van der Waals surface area contributed by atoms with Gasteiger partial charge in [0.25, 0.3) is 0 Å². The van der Waals surface area contributed by atoms with Gasteiger partial charge in [0.2, 0.25) is 0 Å². The number of hydrogen-bond acceptors (Lipinski definition) is 3. The predicted octanol–water partition coefficient (Wildman–Crippen LogP) is 2.14. The standard InChI is InChI=1S/C20H29N3O2/c24-19(22-17-10-13-23-12-4-3-9-18(17)23)21-14-20(25)11-5-7-15-6-1-2-8-16(15)20/h1-2,6,8,17-18,25H,3-5,7,9-14H2,(H2,21,22,24). The van der Waals surface area contributed by atoms with Crippen LogP contribution in [0.3, 0.4) is 0 Å². The maximum atomic E-state index is 12.4. The molecule has 2 aliphatic heterocycles. The van der Waals surface area contributed by atoms with Gasteiger partial charge in [0.05, 0.1) is 6.54 Å². The zero-order valence-electron chi connectivity index (χ0n) is 14.8. The molecule has 2 heterocycles. The monoisotopic (exact) mass is 343 g/mol. The van der Waals surface area contributed by atoms with E-state index in [0.717, 1.165) is 31.4 Å². The summed E-state index contributed by atoms with van der Waals surface area (Å²) in [6.45, 7) is 2.53. The van der Waals surface area contributed by atoms with Gasteiger partial charge < -0.3 is 15.7 Å². The Bertz CT molecular complexity index is 635. The number of aryl methyl sites for hydroxylation is 1. The third-order valence-electron chi connectivity index (χ3n) is 6.27. The van der Waals surface area contributed by atoms with Gasteiger partial charge in [-0.3, -0.25) is 4.90 Å². The van der Waals surface area contributed by atoms with Gasteiger partial charge in [-0.05, 0) is 56.2 Å². The van der Waals surface area contributed by atoms with E-state index in [1.165, 1.54) is 31.4 Å². The minimum absolute atomic E-state index is 0.145. The molecule has 3 aliphatic rings. The Kier molecular flexibility index (Phi) is 4.69. The molecule has 2 saturated heterocycles. The van der Waals surface area contributed by atoms with E-state index in [9.17, 15) is 9.90 Å². The third-order valence-corrected chi connectivity index (χ3v) is 6.27. The minimum atomic E-state index is -0.946. The molecule has 2 fully saturated rings. The molecule has 3 atom stereocenters. The number of urea groups is 1. The van der Waals surface area contributed by atoms with E-state index in [2.05, 4.69) is 21.6 Å². The number of carbonyl (C=O) groups excluding carboxylic acids is 1. The third kappa shape index (κ3) is 3.40. The van der Waals surface area contributed by atoms with E-state index < -0.39 is 5.60 Å². The van der Waals surface area contributed by atoms with Gasteiger partial charge in [-0.15, -0.1) is 0 Å². The number of fused-ring (bicyclic) bond motifs is 2. The molecular weight excluding hydrogens is 314 g/mol. The lowest BCUT2D eigenvalue weighted by atomic mass is 9.79. The Morgan fingerprint density at radius 3 is 3.00 bits per heavy atom. The Labute approximate surface area is 149 Å². The van der Waals surface area contributed by atoms with Gasteiger partial charge in [-0.2, -0.15) is 0 Å². The maximum absolute atomic E-state index is 12.4. The molecule has 0 spiro atoms. The van der Waals surface area contributed by atoms with Crippen LogP contribution in [0.1, 0.15) is 49.7 Å². The number of benzene rings is 1. The molecule has 0 aromatic heterocycles. The first-order valence-electron chi connectivity index (χ1n) is 9.75. The summed E-state index contributed by atoms with van der Waals surface area (Å²) in [5.74, 6) is 0. The Morgan fingerprint density at radius 2 is 2.08 bits per heavy atom. The molecule has 1 aromatic rings. The fourth-order valence-electron chi connectivity index (χ4n) is 4.94. The predicted molar refractivity (Wildman–Crippen MR) is 97.4 cm³/mol. The van der Waals surface area contributed by atoms with Crippen LogP contribution in [0.4, 0.5) is 4.79 Å². The van der Waals surface area contributed by atoms with E-state index in [1.807, 2.05) is 18.2 Å². The molecule has 1 aliphatic carbocycles. The van der Waals surface area contributed by atoms with Gasteiger partial charge in [0.1, 0.15) is 5.60 Å². The topological polar surface area (TPSA) is 64.6 Å². The first-order chi connectivity index (χ1) is 12.2. The molecule has 1 aromatic carbocycles. The van der Waals surface area contributed by atoms with Gasteiger partial charge in [0, 0.05) is 18.6 Å². The zero-order valence-corrected chi connectivity index (χ0v) is 14.8. The molecule has 4 rings (SSSR count). The van der Waals surface area contributed by atoms with E-state index in [1.54, 1.807) is 0 Å². The van der Waals surface area contributed by atoms with Crippen molar-refractivity contribution in [2.45, 2.75) is 62.6 Å². The molecule has 3 N–H and O–H groups in total. The fourth-order valence-corrected chi connectivity index (χ4v) is 4.94. The highest BCUT2D eigenvalue weighted by molar-refractivity contribution is 5.74. The number of carbonyl (C=O) groups is 1. The maximum Gasteiger partial charge on any atom is 0.315 e. The highest BCUT2D eigenvalue weighted by atomic mass is 16.3. The number of hydrogen-bond donors (Lipinski definition) is 3.